The topological polar surface area (TPSA) is 140 Å². The minimum absolute atomic E-state index is 0.000621. The minimum Gasteiger partial charge on any atom is -0.478 e. The average Bonchev–Trinajstić information content (AvgIpc) is 3.20. The largest absolute Gasteiger partial charge is 0.478 e. The van der Waals surface area contributed by atoms with E-state index in [1.807, 2.05) is 64.6 Å². The van der Waals surface area contributed by atoms with Crippen molar-refractivity contribution in [1.29, 1.82) is 0 Å². The molecule has 0 unspecified atom stereocenters. The molecule has 0 bridgehead atoms. The van der Waals surface area contributed by atoms with Gasteiger partial charge in [0, 0.05) is 72.8 Å². The Morgan fingerprint density at radius 1 is 0.914 bits per heavy atom. The number of hydrogen-bond acceptors (Lipinski definition) is 7. The summed E-state index contributed by atoms with van der Waals surface area (Å²) in [6.45, 7) is 4.70. The van der Waals surface area contributed by atoms with E-state index < -0.39 is 20.0 Å². The standard InChI is InChI=1S/C46H43N7O4Si/c1-8-28-10-9-11-30(22-28)51-44-38-24-31(13-19-39(38)48-27-49-44)50-42(54)20-21-47-45(55)29-12-16-34(46(56)57)37(23-29)43-35-17-14-32(52(2)3)25-40(35)58(6,7)41-26-33(53(4)5)15-18-36(41)43/h1,9-19,22-27H,20-21H2,2-7H3,(H3-,47,48,49,50,51,54,55,56,57)/p+1. The third-order valence-corrected chi connectivity index (χ3v) is 14.1. The van der Waals surface area contributed by atoms with E-state index in [0.29, 0.717) is 28.0 Å². The maximum absolute atomic E-state index is 13.7. The molecule has 5 aromatic rings. The van der Waals surface area contributed by atoms with Crippen LogP contribution in [0.5, 0.6) is 0 Å². The molecule has 4 aromatic carbocycles. The zero-order valence-corrected chi connectivity index (χ0v) is 34.3. The van der Waals surface area contributed by atoms with Gasteiger partial charge in [-0.25, -0.2) is 19.3 Å². The Hall–Kier alpha value is -7.10. The summed E-state index contributed by atoms with van der Waals surface area (Å²) in [5.74, 6) is 1.36. The summed E-state index contributed by atoms with van der Waals surface area (Å²) in [6, 6.07) is 23.8. The maximum atomic E-state index is 13.7. The van der Waals surface area contributed by atoms with Crippen molar-refractivity contribution in [3.63, 3.8) is 0 Å². The molecule has 1 aliphatic carbocycles. The fraction of sp³-hybridized carbons (Fsp3) is 0.174. The monoisotopic (exact) mass is 786 g/mol. The van der Waals surface area contributed by atoms with Crippen molar-refractivity contribution in [3.05, 3.63) is 142 Å². The first kappa shape index (κ1) is 39.1. The second kappa shape index (κ2) is 15.8. The van der Waals surface area contributed by atoms with E-state index in [0.717, 1.165) is 39.4 Å². The number of nitrogens with zero attached hydrogens (tertiary/aromatic N) is 4. The Balaban J connectivity index is 1.13. The van der Waals surface area contributed by atoms with E-state index in [1.165, 1.54) is 28.8 Å². The predicted octanol–water partition coefficient (Wildman–Crippen LogP) is 6.36. The van der Waals surface area contributed by atoms with Crippen LogP contribution in [0.1, 0.15) is 43.8 Å². The summed E-state index contributed by atoms with van der Waals surface area (Å²) < 4.78 is 2.07. The van der Waals surface area contributed by atoms with Gasteiger partial charge in [-0.05, 0) is 105 Å². The van der Waals surface area contributed by atoms with Gasteiger partial charge < -0.3 is 26.0 Å². The second-order valence-corrected chi connectivity index (χ2v) is 19.5. The smallest absolute Gasteiger partial charge is 0.336 e. The lowest BCUT2D eigenvalue weighted by Crippen LogP contribution is -2.49. The van der Waals surface area contributed by atoms with Gasteiger partial charge in [0.25, 0.3) is 5.91 Å². The SMILES string of the molecule is C#Cc1cccc(Nc2ncnc3ccc(NC(=O)CCNC(=O)c4ccc(C(=O)O)c(C5=C6C=CC(=[N+](C)C)C=C6[Si](C)(C)c6cc(N(C)C)ccc65)c4)cc23)c1. The number of hydrogen-bond donors (Lipinski definition) is 4. The molecule has 0 saturated carbocycles. The molecule has 11 nitrogen and oxygen atoms in total. The molecule has 0 spiro atoms. The summed E-state index contributed by atoms with van der Waals surface area (Å²) in [7, 11) is 5.74. The summed E-state index contributed by atoms with van der Waals surface area (Å²) in [6.07, 6.45) is 13.4. The molecule has 0 radical (unpaired) electrons. The fourth-order valence-electron chi connectivity index (χ4n) is 7.42. The number of carbonyl (C=O) groups is 3. The molecule has 1 aromatic heterocycles. The summed E-state index contributed by atoms with van der Waals surface area (Å²) >= 11 is 0. The van der Waals surface area contributed by atoms with Crippen molar-refractivity contribution in [2.75, 3.05) is 50.3 Å². The number of allylic oxidation sites excluding steroid dienone is 5. The van der Waals surface area contributed by atoms with E-state index in [2.05, 4.69) is 78.7 Å². The number of aromatic carboxylic acids is 1. The van der Waals surface area contributed by atoms with Crippen molar-refractivity contribution < 1.29 is 24.1 Å². The maximum Gasteiger partial charge on any atom is 0.336 e. The molecule has 7 rings (SSSR count). The third-order valence-electron chi connectivity index (χ3n) is 10.6. The lowest BCUT2D eigenvalue weighted by molar-refractivity contribution is -0.462. The first-order valence-electron chi connectivity index (χ1n) is 18.8. The van der Waals surface area contributed by atoms with E-state index >= 15 is 0 Å². The molecule has 4 N–H and O–H groups in total. The molecular weight excluding hydrogens is 743 g/mol. The quantitative estimate of drug-likeness (QED) is 0.0730. The van der Waals surface area contributed by atoms with Gasteiger partial charge in [-0.1, -0.05) is 31.1 Å². The molecule has 0 saturated heterocycles. The summed E-state index contributed by atoms with van der Waals surface area (Å²) in [4.78, 5) is 50.4. The van der Waals surface area contributed by atoms with E-state index in [9.17, 15) is 19.5 Å². The van der Waals surface area contributed by atoms with Gasteiger partial charge in [0.1, 0.15) is 34.3 Å². The molecule has 2 heterocycles. The first-order valence-corrected chi connectivity index (χ1v) is 21.8. The number of carboxylic acids is 1. The van der Waals surface area contributed by atoms with Crippen LogP contribution in [0.15, 0.2) is 114 Å². The Morgan fingerprint density at radius 3 is 2.47 bits per heavy atom. The predicted molar refractivity (Wildman–Crippen MR) is 234 cm³/mol. The number of carboxylic acid groups (broad SMARTS) is 1. The number of anilines is 4. The van der Waals surface area contributed by atoms with Gasteiger partial charge in [-0.15, -0.1) is 6.42 Å². The van der Waals surface area contributed by atoms with Gasteiger partial charge in [0.2, 0.25) is 5.91 Å². The highest BCUT2D eigenvalue weighted by Gasteiger charge is 2.41. The number of nitrogens with one attached hydrogen (secondary N) is 3. The minimum atomic E-state index is -2.29. The highest BCUT2D eigenvalue weighted by Crippen LogP contribution is 2.43. The first-order chi connectivity index (χ1) is 27.7. The van der Waals surface area contributed by atoms with Crippen LogP contribution < -0.4 is 26.0 Å². The zero-order valence-electron chi connectivity index (χ0n) is 33.3. The third kappa shape index (κ3) is 7.67. The summed E-state index contributed by atoms with van der Waals surface area (Å²) in [5.41, 5.74) is 8.37. The Morgan fingerprint density at radius 2 is 1.72 bits per heavy atom. The molecule has 290 valence electrons. The van der Waals surface area contributed by atoms with Crippen molar-refractivity contribution in [2.45, 2.75) is 19.5 Å². The van der Waals surface area contributed by atoms with Crippen LogP contribution in [-0.2, 0) is 4.79 Å². The van der Waals surface area contributed by atoms with Gasteiger partial charge in [-0.2, -0.15) is 0 Å². The number of amides is 2. The van der Waals surface area contributed by atoms with Gasteiger partial charge in [0.05, 0.1) is 11.1 Å². The number of aromatic nitrogens is 2. The normalized spacial score (nSPS) is 13.8. The number of carbonyl (C=O) groups excluding carboxylic acids is 2. The van der Waals surface area contributed by atoms with Crippen LogP contribution >= 0.6 is 0 Å². The Bertz CT molecular complexity index is 2720. The fourth-order valence-corrected chi connectivity index (χ4v) is 10.5. The average molecular weight is 787 g/mol. The van der Waals surface area contributed by atoms with Crippen molar-refractivity contribution >= 4 is 76.1 Å². The number of rotatable bonds is 10. The van der Waals surface area contributed by atoms with Crippen LogP contribution in [-0.4, -0.2) is 86.0 Å². The molecule has 0 atom stereocenters. The summed E-state index contributed by atoms with van der Waals surface area (Å²) in [5, 5.41) is 22.6. The van der Waals surface area contributed by atoms with Crippen molar-refractivity contribution in [1.82, 2.24) is 15.3 Å². The molecule has 0 fully saturated rings. The second-order valence-electron chi connectivity index (χ2n) is 15.2. The highest BCUT2D eigenvalue weighted by atomic mass is 28.3. The van der Waals surface area contributed by atoms with Crippen LogP contribution in [0.25, 0.3) is 16.5 Å². The molecule has 1 aliphatic heterocycles. The number of benzene rings is 4. The lowest BCUT2D eigenvalue weighted by atomic mass is 9.86. The molecule has 2 amide bonds. The number of terminal acetylenes is 1. The zero-order chi connectivity index (χ0) is 41.3. The van der Waals surface area contributed by atoms with Crippen molar-refractivity contribution in [3.8, 4) is 12.3 Å². The number of fused-ring (bicyclic) bond motifs is 3. The van der Waals surface area contributed by atoms with Gasteiger partial charge >= 0.3 is 5.97 Å². The van der Waals surface area contributed by atoms with E-state index in [-0.39, 0.29) is 30.0 Å². The van der Waals surface area contributed by atoms with Crippen LogP contribution in [0, 0.1) is 12.3 Å². The van der Waals surface area contributed by atoms with E-state index in [4.69, 9.17) is 6.42 Å². The van der Waals surface area contributed by atoms with Crippen LogP contribution in [0.3, 0.4) is 0 Å². The molecule has 2 aliphatic rings. The van der Waals surface area contributed by atoms with Crippen LogP contribution in [0.4, 0.5) is 22.9 Å². The van der Waals surface area contributed by atoms with Crippen molar-refractivity contribution in [2.24, 2.45) is 0 Å². The van der Waals surface area contributed by atoms with Gasteiger partial charge in [0.15, 0.2) is 5.71 Å². The Labute approximate surface area is 338 Å². The molecular formula is C46H44N7O4Si+. The van der Waals surface area contributed by atoms with E-state index in [1.54, 1.807) is 24.3 Å². The molecule has 58 heavy (non-hydrogen) atoms. The van der Waals surface area contributed by atoms with Gasteiger partial charge in [-0.3, -0.25) is 9.59 Å². The lowest BCUT2D eigenvalue weighted by Gasteiger charge is -2.38. The molecule has 12 heteroatoms. The Kier molecular flexibility index (Phi) is 10.7. The van der Waals surface area contributed by atoms with Crippen LogP contribution in [0.2, 0.25) is 13.1 Å². The highest BCUT2D eigenvalue weighted by molar-refractivity contribution is 6.98.